The standard InChI is InChI=1S/C17H24O4S/c1-14(10-12-21-16(18)17(2,3)4)11-13-22(19,20)15-8-6-5-7-9-15/h5-10H,11-13H2,1-4H3/b14-10+. The van der Waals surface area contributed by atoms with Gasteiger partial charge >= 0.3 is 5.97 Å². The van der Waals surface area contributed by atoms with Crippen LogP contribution in [0.15, 0.2) is 46.9 Å². The van der Waals surface area contributed by atoms with Gasteiger partial charge in [-0.05, 0) is 52.3 Å². The van der Waals surface area contributed by atoms with Crippen LogP contribution in [0.1, 0.15) is 34.1 Å². The van der Waals surface area contributed by atoms with Crippen molar-refractivity contribution in [3.05, 3.63) is 42.0 Å². The normalized spacial score (nSPS) is 13.0. The van der Waals surface area contributed by atoms with E-state index in [4.69, 9.17) is 4.74 Å². The first-order chi connectivity index (χ1) is 10.1. The van der Waals surface area contributed by atoms with Crippen molar-refractivity contribution in [3.8, 4) is 0 Å². The lowest BCUT2D eigenvalue weighted by molar-refractivity contribution is -0.151. The Morgan fingerprint density at radius 3 is 2.32 bits per heavy atom. The summed E-state index contributed by atoms with van der Waals surface area (Å²) in [7, 11) is -3.27. The molecule has 1 aromatic rings. The summed E-state index contributed by atoms with van der Waals surface area (Å²) >= 11 is 0. The monoisotopic (exact) mass is 324 g/mol. The SMILES string of the molecule is C/C(=C\COC(=O)C(C)(C)C)CCS(=O)(=O)c1ccccc1. The third kappa shape index (κ3) is 6.02. The summed E-state index contributed by atoms with van der Waals surface area (Å²) in [4.78, 5) is 11.9. The molecule has 4 nitrogen and oxygen atoms in total. The highest BCUT2D eigenvalue weighted by molar-refractivity contribution is 7.91. The zero-order chi connectivity index (χ0) is 16.8. The molecular formula is C17H24O4S. The van der Waals surface area contributed by atoms with E-state index in [9.17, 15) is 13.2 Å². The molecule has 0 unspecified atom stereocenters. The van der Waals surface area contributed by atoms with Crippen molar-refractivity contribution < 1.29 is 17.9 Å². The maximum Gasteiger partial charge on any atom is 0.311 e. The molecule has 5 heteroatoms. The Morgan fingerprint density at radius 1 is 1.18 bits per heavy atom. The number of carbonyl (C=O) groups excluding carboxylic acids is 1. The van der Waals surface area contributed by atoms with Crippen LogP contribution in [0.5, 0.6) is 0 Å². The maximum atomic E-state index is 12.1. The fraction of sp³-hybridized carbons (Fsp3) is 0.471. The number of hydrogen-bond acceptors (Lipinski definition) is 4. The van der Waals surface area contributed by atoms with E-state index in [0.717, 1.165) is 5.57 Å². The van der Waals surface area contributed by atoms with E-state index >= 15 is 0 Å². The number of ether oxygens (including phenoxy) is 1. The minimum atomic E-state index is -3.27. The molecule has 0 aliphatic rings. The number of esters is 1. The smallest absolute Gasteiger partial charge is 0.311 e. The Morgan fingerprint density at radius 2 is 1.77 bits per heavy atom. The van der Waals surface area contributed by atoms with Crippen molar-refractivity contribution in [3.63, 3.8) is 0 Å². The largest absolute Gasteiger partial charge is 0.461 e. The van der Waals surface area contributed by atoms with Gasteiger partial charge in [0.25, 0.3) is 0 Å². The third-order valence-electron chi connectivity index (χ3n) is 3.13. The molecule has 22 heavy (non-hydrogen) atoms. The molecular weight excluding hydrogens is 300 g/mol. The average Bonchev–Trinajstić information content (AvgIpc) is 2.45. The minimum Gasteiger partial charge on any atom is -0.461 e. The first kappa shape index (κ1) is 18.4. The van der Waals surface area contributed by atoms with Crippen LogP contribution < -0.4 is 0 Å². The molecule has 0 heterocycles. The van der Waals surface area contributed by atoms with Gasteiger partial charge in [-0.1, -0.05) is 23.8 Å². The van der Waals surface area contributed by atoms with Gasteiger partial charge in [0, 0.05) is 0 Å². The van der Waals surface area contributed by atoms with Crippen molar-refractivity contribution in [1.29, 1.82) is 0 Å². The number of hydrogen-bond donors (Lipinski definition) is 0. The number of allylic oxidation sites excluding steroid dienone is 1. The van der Waals surface area contributed by atoms with Gasteiger partial charge < -0.3 is 4.74 Å². The predicted octanol–water partition coefficient (Wildman–Crippen LogP) is 3.39. The van der Waals surface area contributed by atoms with Crippen LogP contribution in [0.3, 0.4) is 0 Å². The summed E-state index contributed by atoms with van der Waals surface area (Å²) in [5.41, 5.74) is 0.361. The van der Waals surface area contributed by atoms with Gasteiger partial charge in [-0.2, -0.15) is 0 Å². The van der Waals surface area contributed by atoms with Crippen molar-refractivity contribution in [2.75, 3.05) is 12.4 Å². The van der Waals surface area contributed by atoms with E-state index in [1.54, 1.807) is 57.2 Å². The molecule has 0 aliphatic carbocycles. The van der Waals surface area contributed by atoms with Gasteiger partial charge in [0.15, 0.2) is 9.84 Å². The third-order valence-corrected chi connectivity index (χ3v) is 4.86. The molecule has 0 aliphatic heterocycles. The lowest BCUT2D eigenvalue weighted by Gasteiger charge is -2.15. The Hall–Kier alpha value is -1.62. The highest BCUT2D eigenvalue weighted by Crippen LogP contribution is 2.16. The van der Waals surface area contributed by atoms with Crippen molar-refractivity contribution in [1.82, 2.24) is 0 Å². The predicted molar refractivity (Wildman–Crippen MR) is 87.3 cm³/mol. The zero-order valence-electron chi connectivity index (χ0n) is 13.6. The minimum absolute atomic E-state index is 0.0482. The van der Waals surface area contributed by atoms with E-state index in [1.165, 1.54) is 0 Å². The molecule has 0 N–H and O–H groups in total. The summed E-state index contributed by atoms with van der Waals surface area (Å²) in [6.45, 7) is 7.38. The lowest BCUT2D eigenvalue weighted by Crippen LogP contribution is -2.23. The lowest BCUT2D eigenvalue weighted by atomic mass is 9.97. The van der Waals surface area contributed by atoms with Crippen LogP contribution in [0.4, 0.5) is 0 Å². The highest BCUT2D eigenvalue weighted by atomic mass is 32.2. The molecule has 1 rings (SSSR count). The van der Waals surface area contributed by atoms with E-state index in [-0.39, 0.29) is 18.3 Å². The first-order valence-electron chi connectivity index (χ1n) is 7.23. The summed E-state index contributed by atoms with van der Waals surface area (Å²) in [5.74, 6) is -0.222. The Labute approximate surface area is 133 Å². The zero-order valence-corrected chi connectivity index (χ0v) is 14.4. The molecule has 0 aromatic heterocycles. The molecule has 0 atom stereocenters. The second-order valence-corrected chi connectivity index (χ2v) is 8.39. The quantitative estimate of drug-likeness (QED) is 0.594. The van der Waals surface area contributed by atoms with Gasteiger partial charge in [0.05, 0.1) is 16.1 Å². The molecule has 0 fully saturated rings. The Balaban J connectivity index is 2.51. The highest BCUT2D eigenvalue weighted by Gasteiger charge is 2.22. The van der Waals surface area contributed by atoms with E-state index in [0.29, 0.717) is 11.3 Å². The molecule has 0 radical (unpaired) electrons. The van der Waals surface area contributed by atoms with Crippen LogP contribution in [-0.2, 0) is 19.4 Å². The Kier molecular flexibility index (Phi) is 6.35. The summed E-state index contributed by atoms with van der Waals surface area (Å²) < 4.78 is 29.4. The van der Waals surface area contributed by atoms with Gasteiger partial charge in [0.1, 0.15) is 6.61 Å². The summed E-state index contributed by atoms with van der Waals surface area (Å²) in [5, 5.41) is 0. The first-order valence-corrected chi connectivity index (χ1v) is 8.89. The summed E-state index contributed by atoms with van der Waals surface area (Å²) in [6, 6.07) is 8.40. The number of rotatable bonds is 6. The van der Waals surface area contributed by atoms with E-state index < -0.39 is 15.3 Å². The molecule has 0 saturated heterocycles. The van der Waals surface area contributed by atoms with Crippen LogP contribution in [-0.4, -0.2) is 26.7 Å². The van der Waals surface area contributed by atoms with Crippen molar-refractivity contribution >= 4 is 15.8 Å². The van der Waals surface area contributed by atoms with Crippen LogP contribution in [0.25, 0.3) is 0 Å². The van der Waals surface area contributed by atoms with Crippen LogP contribution in [0.2, 0.25) is 0 Å². The van der Waals surface area contributed by atoms with Gasteiger partial charge in [-0.25, -0.2) is 8.42 Å². The molecule has 1 aromatic carbocycles. The second kappa shape index (κ2) is 7.58. The maximum absolute atomic E-state index is 12.1. The van der Waals surface area contributed by atoms with Crippen molar-refractivity contribution in [2.45, 2.75) is 39.0 Å². The van der Waals surface area contributed by atoms with Gasteiger partial charge in [0.2, 0.25) is 0 Å². The molecule has 0 spiro atoms. The van der Waals surface area contributed by atoms with Crippen LogP contribution in [0, 0.1) is 5.41 Å². The fourth-order valence-electron chi connectivity index (χ4n) is 1.62. The number of benzene rings is 1. The second-order valence-electron chi connectivity index (χ2n) is 6.28. The molecule has 0 amide bonds. The van der Waals surface area contributed by atoms with Gasteiger partial charge in [-0.3, -0.25) is 4.79 Å². The molecule has 0 bridgehead atoms. The Bertz CT molecular complexity index is 622. The molecule has 122 valence electrons. The van der Waals surface area contributed by atoms with Gasteiger partial charge in [-0.15, -0.1) is 0 Å². The fourth-order valence-corrected chi connectivity index (χ4v) is 3.02. The number of carbonyl (C=O) groups is 1. The van der Waals surface area contributed by atoms with Crippen LogP contribution >= 0.6 is 0 Å². The topological polar surface area (TPSA) is 60.4 Å². The summed E-state index contributed by atoms with van der Waals surface area (Å²) in [6.07, 6.45) is 2.18. The van der Waals surface area contributed by atoms with E-state index in [1.807, 2.05) is 6.92 Å². The average molecular weight is 324 g/mol. The van der Waals surface area contributed by atoms with Crippen molar-refractivity contribution in [2.24, 2.45) is 5.41 Å². The number of sulfone groups is 1. The molecule has 0 saturated carbocycles. The van der Waals surface area contributed by atoms with E-state index in [2.05, 4.69) is 0 Å².